The summed E-state index contributed by atoms with van der Waals surface area (Å²) in [5, 5.41) is 15.9. The van der Waals surface area contributed by atoms with E-state index in [9.17, 15) is 4.79 Å². The van der Waals surface area contributed by atoms with E-state index in [-0.39, 0.29) is 35.0 Å². The summed E-state index contributed by atoms with van der Waals surface area (Å²) >= 11 is 0. The molecular formula is C3H8NNaO4. The molecule has 0 fully saturated rings. The van der Waals surface area contributed by atoms with Gasteiger partial charge in [0.2, 0.25) is 0 Å². The van der Waals surface area contributed by atoms with Gasteiger partial charge in [-0.15, -0.1) is 0 Å². The molecule has 0 aromatic rings. The molecule has 0 bridgehead atoms. The Morgan fingerprint density at radius 2 is 2.00 bits per heavy atom. The van der Waals surface area contributed by atoms with E-state index >= 15 is 0 Å². The Kier molecular flexibility index (Phi) is 15.0. The van der Waals surface area contributed by atoms with Crippen molar-refractivity contribution >= 4 is 5.97 Å². The van der Waals surface area contributed by atoms with Crippen molar-refractivity contribution in [3.8, 4) is 0 Å². The molecule has 0 rings (SSSR count). The van der Waals surface area contributed by atoms with Crippen LogP contribution in [-0.4, -0.2) is 34.3 Å². The summed E-state index contributed by atoms with van der Waals surface area (Å²) in [5.74, 6) is -1.18. The van der Waals surface area contributed by atoms with Gasteiger partial charge in [0.25, 0.3) is 0 Å². The largest absolute Gasteiger partial charge is 1.00 e. The average Bonchev–Trinajstić information content (AvgIpc) is 1.65. The van der Waals surface area contributed by atoms with Crippen LogP contribution < -0.4 is 35.3 Å². The number of aliphatic carboxylic acids is 1. The van der Waals surface area contributed by atoms with E-state index in [1.54, 1.807) is 0 Å². The van der Waals surface area contributed by atoms with Crippen molar-refractivity contribution < 1.29 is 50.0 Å². The summed E-state index contributed by atoms with van der Waals surface area (Å²) < 4.78 is 0. The third-order valence-corrected chi connectivity index (χ3v) is 0.514. The van der Waals surface area contributed by atoms with Crippen LogP contribution in [0.1, 0.15) is 0 Å². The first-order valence-electron chi connectivity index (χ1n) is 1.77. The van der Waals surface area contributed by atoms with Gasteiger partial charge in [0.05, 0.1) is 6.61 Å². The molecule has 50 valence electrons. The molecule has 0 aromatic carbocycles. The second-order valence-corrected chi connectivity index (χ2v) is 1.13. The third-order valence-electron chi connectivity index (χ3n) is 0.514. The molecule has 0 spiro atoms. The van der Waals surface area contributed by atoms with E-state index in [4.69, 9.17) is 15.9 Å². The molecule has 0 radical (unpaired) electrons. The van der Waals surface area contributed by atoms with E-state index in [2.05, 4.69) is 0 Å². The molecule has 9 heavy (non-hydrogen) atoms. The minimum atomic E-state index is -1.18. The minimum Gasteiger partial charge on any atom is -0.870 e. The molecular weight excluding hydrogens is 137 g/mol. The minimum absolute atomic E-state index is 0. The Morgan fingerprint density at radius 3 is 2.00 bits per heavy atom. The number of aliphatic hydroxyl groups is 1. The van der Waals surface area contributed by atoms with Gasteiger partial charge < -0.3 is 21.4 Å². The SMILES string of the molecule is NC(CO)C(=O)O.[Na+].[OH-]. The number of hydrogen-bond acceptors (Lipinski definition) is 4. The summed E-state index contributed by atoms with van der Waals surface area (Å²) in [6.45, 7) is -0.505. The fraction of sp³-hybridized carbons (Fsp3) is 0.667. The van der Waals surface area contributed by atoms with Gasteiger partial charge in [0, 0.05) is 0 Å². The number of carbonyl (C=O) groups is 1. The van der Waals surface area contributed by atoms with Crippen LogP contribution in [0, 0.1) is 0 Å². The Labute approximate surface area is 74.5 Å². The molecule has 0 aliphatic carbocycles. The van der Waals surface area contributed by atoms with Crippen LogP contribution in [0.4, 0.5) is 0 Å². The van der Waals surface area contributed by atoms with Crippen LogP contribution in [0.25, 0.3) is 0 Å². The topological polar surface area (TPSA) is 114 Å². The molecule has 0 aromatic heterocycles. The fourth-order valence-corrected chi connectivity index (χ4v) is 0.0781. The molecule has 0 saturated carbocycles. The molecule has 0 aliphatic rings. The molecule has 0 amide bonds. The number of carboxylic acids is 1. The number of hydrogen-bond donors (Lipinski definition) is 3. The normalized spacial score (nSPS) is 10.4. The molecule has 1 atom stereocenters. The maximum absolute atomic E-state index is 9.65. The van der Waals surface area contributed by atoms with Crippen molar-refractivity contribution in [2.24, 2.45) is 5.73 Å². The van der Waals surface area contributed by atoms with Crippen LogP contribution in [-0.2, 0) is 4.79 Å². The van der Waals surface area contributed by atoms with Gasteiger partial charge >= 0.3 is 35.5 Å². The standard InChI is InChI=1S/C3H7NO3.Na.H2O/c4-2(1-5)3(6)7;;/h2,5H,1,4H2,(H,6,7);;1H2/q;+1;/p-1. The van der Waals surface area contributed by atoms with Gasteiger partial charge in [-0.3, -0.25) is 4.79 Å². The molecule has 5 N–H and O–H groups in total. The number of carboxylic acid groups (broad SMARTS) is 1. The summed E-state index contributed by atoms with van der Waals surface area (Å²) in [7, 11) is 0. The van der Waals surface area contributed by atoms with Crippen molar-refractivity contribution in [3.05, 3.63) is 0 Å². The van der Waals surface area contributed by atoms with Crippen LogP contribution in [0.15, 0.2) is 0 Å². The number of rotatable bonds is 2. The summed E-state index contributed by atoms with van der Waals surface area (Å²) in [5.41, 5.74) is 4.77. The Bertz CT molecular complexity index is 78.2. The van der Waals surface area contributed by atoms with Gasteiger partial charge in [0.1, 0.15) is 6.04 Å². The van der Waals surface area contributed by atoms with E-state index in [1.807, 2.05) is 0 Å². The Balaban J connectivity index is -0.000000180. The molecule has 0 aliphatic heterocycles. The molecule has 0 saturated heterocycles. The van der Waals surface area contributed by atoms with Crippen LogP contribution >= 0.6 is 0 Å². The monoisotopic (exact) mass is 145 g/mol. The Morgan fingerprint density at radius 1 is 1.67 bits per heavy atom. The predicted molar refractivity (Wildman–Crippen MR) is 24.6 cm³/mol. The maximum Gasteiger partial charge on any atom is 1.00 e. The first kappa shape index (κ1) is 16.2. The van der Waals surface area contributed by atoms with Crippen molar-refractivity contribution in [3.63, 3.8) is 0 Å². The number of nitrogens with two attached hydrogens (primary N) is 1. The van der Waals surface area contributed by atoms with E-state index in [0.717, 1.165) is 0 Å². The average molecular weight is 145 g/mol. The van der Waals surface area contributed by atoms with E-state index in [0.29, 0.717) is 0 Å². The summed E-state index contributed by atoms with van der Waals surface area (Å²) in [6, 6.07) is -1.13. The van der Waals surface area contributed by atoms with Crippen molar-refractivity contribution in [2.45, 2.75) is 6.04 Å². The molecule has 0 heterocycles. The second-order valence-electron chi connectivity index (χ2n) is 1.13. The number of aliphatic hydroxyl groups excluding tert-OH is 1. The van der Waals surface area contributed by atoms with E-state index in [1.165, 1.54) is 0 Å². The zero-order valence-electron chi connectivity index (χ0n) is 5.11. The first-order valence-corrected chi connectivity index (χ1v) is 1.77. The molecule has 1 unspecified atom stereocenters. The second kappa shape index (κ2) is 8.35. The van der Waals surface area contributed by atoms with Crippen molar-refractivity contribution in [1.82, 2.24) is 0 Å². The van der Waals surface area contributed by atoms with Gasteiger partial charge in [0.15, 0.2) is 0 Å². The quantitative estimate of drug-likeness (QED) is 0.337. The zero-order chi connectivity index (χ0) is 5.86. The van der Waals surface area contributed by atoms with Crippen molar-refractivity contribution in [1.29, 1.82) is 0 Å². The zero-order valence-corrected chi connectivity index (χ0v) is 7.11. The van der Waals surface area contributed by atoms with Gasteiger partial charge in [-0.2, -0.15) is 0 Å². The predicted octanol–water partition coefficient (Wildman–Crippen LogP) is -4.78. The summed E-state index contributed by atoms with van der Waals surface area (Å²) in [4.78, 5) is 9.65. The summed E-state index contributed by atoms with van der Waals surface area (Å²) in [6.07, 6.45) is 0. The van der Waals surface area contributed by atoms with E-state index < -0.39 is 18.6 Å². The third kappa shape index (κ3) is 8.35. The van der Waals surface area contributed by atoms with Crippen LogP contribution in [0.2, 0.25) is 0 Å². The van der Waals surface area contributed by atoms with Crippen molar-refractivity contribution in [2.75, 3.05) is 6.61 Å². The van der Waals surface area contributed by atoms with Crippen LogP contribution in [0.5, 0.6) is 0 Å². The van der Waals surface area contributed by atoms with Gasteiger partial charge in [-0.25, -0.2) is 0 Å². The molecule has 5 nitrogen and oxygen atoms in total. The first-order chi connectivity index (χ1) is 3.18. The van der Waals surface area contributed by atoms with Gasteiger partial charge in [-0.05, 0) is 0 Å². The fourth-order valence-electron chi connectivity index (χ4n) is 0.0781. The maximum atomic E-state index is 9.65. The van der Waals surface area contributed by atoms with Crippen LogP contribution in [0.3, 0.4) is 0 Å². The molecule has 6 heteroatoms. The van der Waals surface area contributed by atoms with Gasteiger partial charge in [-0.1, -0.05) is 0 Å². The smallest absolute Gasteiger partial charge is 0.870 e. The Hall–Kier alpha value is 0.350.